The number of ether oxygens (including phenoxy) is 2. The molecule has 7 heteroatoms. The van der Waals surface area contributed by atoms with Crippen LogP contribution in [0.4, 0.5) is 0 Å². The van der Waals surface area contributed by atoms with Crippen LogP contribution in [0.5, 0.6) is 0 Å². The molecule has 0 aliphatic carbocycles. The van der Waals surface area contributed by atoms with E-state index < -0.39 is 12.3 Å². The molecular weight excluding hydrogens is 402 g/mol. The van der Waals surface area contributed by atoms with Crippen LogP contribution < -0.4 is 0 Å². The summed E-state index contributed by atoms with van der Waals surface area (Å²) in [6.45, 7) is 13.5. The number of hydrogen-bond acceptors (Lipinski definition) is 5. The van der Waals surface area contributed by atoms with Crippen molar-refractivity contribution in [2.75, 3.05) is 0 Å². The predicted molar refractivity (Wildman–Crippen MR) is 118 cm³/mol. The minimum Gasteiger partial charge on any atom is -0.451 e. The highest BCUT2D eigenvalue weighted by Gasteiger charge is 2.25. The lowest BCUT2D eigenvalue weighted by Gasteiger charge is -2.21. The van der Waals surface area contributed by atoms with Crippen LogP contribution in [0, 0.1) is 18.3 Å². The third kappa shape index (κ3) is 5.22. The summed E-state index contributed by atoms with van der Waals surface area (Å²) in [6.07, 6.45) is -0.911. The van der Waals surface area contributed by atoms with Crippen molar-refractivity contribution in [1.82, 2.24) is 9.78 Å². The van der Waals surface area contributed by atoms with Gasteiger partial charge in [-0.15, -0.1) is 0 Å². The van der Waals surface area contributed by atoms with Gasteiger partial charge in [-0.25, -0.2) is 0 Å². The first-order valence-electron chi connectivity index (χ1n) is 9.82. The SMILES string of the molecule is CCn1nc(C)c(Cl)c1/C(OC(C)OC(C)=O)=C(\C#N)c1ccc(C(C)(C)C)cc1. The molecule has 1 heterocycles. The van der Waals surface area contributed by atoms with Crippen LogP contribution in [0.25, 0.3) is 11.3 Å². The number of benzene rings is 1. The molecule has 0 bridgehead atoms. The standard InChI is InChI=1S/C23H28ClN3O3/c1-8-27-21(20(24)14(2)26-27)22(30-16(4)29-15(3)28)19(13-25)17-9-11-18(12-10-17)23(5,6)7/h9-12,16H,8H2,1-7H3/b22-19-. The molecule has 1 aromatic heterocycles. The summed E-state index contributed by atoms with van der Waals surface area (Å²) in [5.74, 6) is -0.261. The van der Waals surface area contributed by atoms with Crippen molar-refractivity contribution < 1.29 is 14.3 Å². The van der Waals surface area contributed by atoms with Gasteiger partial charge in [-0.05, 0) is 30.4 Å². The Bertz CT molecular complexity index is 992. The van der Waals surface area contributed by atoms with Crippen LogP contribution in [0.2, 0.25) is 5.02 Å². The van der Waals surface area contributed by atoms with Gasteiger partial charge in [-0.2, -0.15) is 10.4 Å². The molecule has 30 heavy (non-hydrogen) atoms. The molecule has 0 spiro atoms. The zero-order valence-electron chi connectivity index (χ0n) is 18.5. The van der Waals surface area contributed by atoms with Crippen LogP contribution in [-0.2, 0) is 26.2 Å². The van der Waals surface area contributed by atoms with Crippen molar-refractivity contribution in [2.24, 2.45) is 0 Å². The molecule has 0 saturated heterocycles. The summed E-state index contributed by atoms with van der Waals surface area (Å²) in [4.78, 5) is 11.4. The Balaban J connectivity index is 2.70. The zero-order valence-corrected chi connectivity index (χ0v) is 19.3. The van der Waals surface area contributed by atoms with Gasteiger partial charge < -0.3 is 9.47 Å². The first-order valence-corrected chi connectivity index (χ1v) is 10.2. The van der Waals surface area contributed by atoms with E-state index in [0.717, 1.165) is 5.56 Å². The second kappa shape index (κ2) is 9.36. The van der Waals surface area contributed by atoms with E-state index in [1.54, 1.807) is 18.5 Å². The fourth-order valence-electron chi connectivity index (χ4n) is 3.05. The molecule has 6 nitrogen and oxygen atoms in total. The zero-order chi connectivity index (χ0) is 22.6. The molecule has 0 radical (unpaired) electrons. The Morgan fingerprint density at radius 3 is 2.33 bits per heavy atom. The second-order valence-corrected chi connectivity index (χ2v) is 8.38. The average molecular weight is 430 g/mol. The highest BCUT2D eigenvalue weighted by atomic mass is 35.5. The number of nitrogens with zero attached hydrogens (tertiary/aromatic N) is 3. The molecule has 0 aliphatic heterocycles. The van der Waals surface area contributed by atoms with Gasteiger partial charge >= 0.3 is 5.97 Å². The lowest BCUT2D eigenvalue weighted by molar-refractivity contribution is -0.161. The molecule has 2 aromatic rings. The average Bonchev–Trinajstić information content (AvgIpc) is 2.94. The smallest absolute Gasteiger partial charge is 0.305 e. The maximum Gasteiger partial charge on any atom is 0.305 e. The number of halogens is 1. The van der Waals surface area contributed by atoms with E-state index in [1.807, 2.05) is 31.2 Å². The number of hydrogen-bond donors (Lipinski definition) is 0. The molecule has 0 aliphatic rings. The third-order valence-electron chi connectivity index (χ3n) is 4.56. The molecule has 0 amide bonds. The number of aromatic nitrogens is 2. The minimum absolute atomic E-state index is 0.0144. The number of esters is 1. The fourth-order valence-corrected chi connectivity index (χ4v) is 3.27. The summed E-state index contributed by atoms with van der Waals surface area (Å²) in [5, 5.41) is 14.8. The highest BCUT2D eigenvalue weighted by Crippen LogP contribution is 2.35. The number of carbonyl (C=O) groups is 1. The maximum absolute atomic E-state index is 11.4. The molecule has 160 valence electrons. The molecular formula is C23H28ClN3O3. The summed E-state index contributed by atoms with van der Waals surface area (Å²) in [5.41, 5.74) is 3.19. The lowest BCUT2D eigenvalue weighted by atomic mass is 9.86. The molecule has 0 saturated carbocycles. The van der Waals surface area contributed by atoms with Gasteiger partial charge in [0.05, 0.1) is 10.7 Å². The second-order valence-electron chi connectivity index (χ2n) is 8.00. The van der Waals surface area contributed by atoms with Crippen molar-refractivity contribution >= 4 is 28.9 Å². The number of allylic oxidation sites excluding steroid dienone is 1. The summed E-state index contributed by atoms with van der Waals surface area (Å²) in [7, 11) is 0. The summed E-state index contributed by atoms with van der Waals surface area (Å²) in [6, 6.07) is 9.98. The Kier molecular flexibility index (Phi) is 7.33. The maximum atomic E-state index is 11.4. The number of rotatable bonds is 6. The van der Waals surface area contributed by atoms with Gasteiger partial charge in [0, 0.05) is 20.4 Å². The Morgan fingerprint density at radius 1 is 1.27 bits per heavy atom. The van der Waals surface area contributed by atoms with E-state index in [0.29, 0.717) is 28.5 Å². The number of carbonyl (C=O) groups excluding carboxylic acids is 1. The van der Waals surface area contributed by atoms with Crippen LogP contribution in [0.1, 0.15) is 64.1 Å². The van der Waals surface area contributed by atoms with E-state index in [2.05, 4.69) is 31.9 Å². The largest absolute Gasteiger partial charge is 0.451 e. The van der Waals surface area contributed by atoms with Gasteiger partial charge in [-0.1, -0.05) is 56.6 Å². The molecule has 1 aromatic carbocycles. The molecule has 0 N–H and O–H groups in total. The van der Waals surface area contributed by atoms with Gasteiger partial charge in [0.2, 0.25) is 6.29 Å². The predicted octanol–water partition coefficient (Wildman–Crippen LogP) is 5.48. The van der Waals surface area contributed by atoms with Crippen molar-refractivity contribution in [1.29, 1.82) is 5.26 Å². The van der Waals surface area contributed by atoms with Crippen molar-refractivity contribution in [3.63, 3.8) is 0 Å². The van der Waals surface area contributed by atoms with E-state index >= 15 is 0 Å². The topological polar surface area (TPSA) is 77.1 Å². The van der Waals surface area contributed by atoms with E-state index in [4.69, 9.17) is 21.1 Å². The van der Waals surface area contributed by atoms with Crippen LogP contribution in [-0.4, -0.2) is 22.0 Å². The molecule has 2 rings (SSSR count). The normalized spacial score (nSPS) is 13.3. The molecule has 1 atom stereocenters. The van der Waals surface area contributed by atoms with Gasteiger partial charge in [0.1, 0.15) is 17.3 Å². The van der Waals surface area contributed by atoms with Gasteiger partial charge in [-0.3, -0.25) is 9.48 Å². The van der Waals surface area contributed by atoms with Crippen LogP contribution >= 0.6 is 11.6 Å². The van der Waals surface area contributed by atoms with E-state index in [-0.39, 0.29) is 16.7 Å². The monoisotopic (exact) mass is 429 g/mol. The van der Waals surface area contributed by atoms with Crippen molar-refractivity contribution in [3.8, 4) is 6.07 Å². The number of aryl methyl sites for hydroxylation is 2. The summed E-state index contributed by atoms with van der Waals surface area (Å²) < 4.78 is 12.8. The Morgan fingerprint density at radius 2 is 1.87 bits per heavy atom. The lowest BCUT2D eigenvalue weighted by Crippen LogP contribution is -2.17. The quantitative estimate of drug-likeness (QED) is 0.263. The Labute approximate surface area is 183 Å². The molecule has 1 unspecified atom stereocenters. The van der Waals surface area contributed by atoms with Crippen molar-refractivity contribution in [3.05, 3.63) is 51.8 Å². The molecule has 0 fully saturated rings. The number of nitriles is 1. The Hall–Kier alpha value is -2.78. The van der Waals surface area contributed by atoms with Crippen molar-refractivity contribution in [2.45, 2.75) is 66.7 Å². The van der Waals surface area contributed by atoms with E-state index in [9.17, 15) is 10.1 Å². The van der Waals surface area contributed by atoms with Gasteiger partial charge in [0.15, 0.2) is 5.76 Å². The first-order chi connectivity index (χ1) is 14.0. The van der Waals surface area contributed by atoms with Gasteiger partial charge in [0.25, 0.3) is 0 Å². The van der Waals surface area contributed by atoms with Crippen LogP contribution in [0.3, 0.4) is 0 Å². The fraction of sp³-hybridized carbons (Fsp3) is 0.435. The van der Waals surface area contributed by atoms with E-state index in [1.165, 1.54) is 6.92 Å². The summed E-state index contributed by atoms with van der Waals surface area (Å²) >= 11 is 6.54. The third-order valence-corrected chi connectivity index (χ3v) is 5.02. The first kappa shape index (κ1) is 23.5. The highest BCUT2D eigenvalue weighted by molar-refractivity contribution is 6.33. The van der Waals surface area contributed by atoms with Crippen LogP contribution in [0.15, 0.2) is 24.3 Å². The minimum atomic E-state index is -0.911.